The van der Waals surface area contributed by atoms with Gasteiger partial charge in [0.1, 0.15) is 6.10 Å². The molecule has 0 bridgehead atoms. The quantitative estimate of drug-likeness (QED) is 0.894. The third-order valence-electron chi connectivity index (χ3n) is 4.19. The van der Waals surface area contributed by atoms with Crippen molar-refractivity contribution >= 4 is 11.9 Å². The number of hydrogen-bond donors (Lipinski definition) is 2. The second-order valence-corrected chi connectivity index (χ2v) is 5.94. The second kappa shape index (κ2) is 7.81. The minimum absolute atomic E-state index is 0.0151. The number of amides is 3. The normalized spacial score (nSPS) is 17.1. The van der Waals surface area contributed by atoms with Crippen molar-refractivity contribution in [3.63, 3.8) is 0 Å². The smallest absolute Gasteiger partial charge is 0.312 e. The first-order valence-electron chi connectivity index (χ1n) is 8.21. The molecule has 3 amide bonds. The number of ether oxygens (including phenoxy) is 1. The molecule has 25 heavy (non-hydrogen) atoms. The maximum Gasteiger partial charge on any atom is 0.312 e. The van der Waals surface area contributed by atoms with Gasteiger partial charge < -0.3 is 20.7 Å². The molecule has 1 aliphatic rings. The fourth-order valence-corrected chi connectivity index (χ4v) is 2.84. The van der Waals surface area contributed by atoms with Crippen LogP contribution in [0.1, 0.15) is 27.6 Å². The molecule has 3 N–H and O–H groups in total. The molecule has 1 heterocycles. The summed E-state index contributed by atoms with van der Waals surface area (Å²) >= 11 is 0. The number of rotatable bonds is 4. The number of nitrogens with one attached hydrogen (secondary N) is 1. The van der Waals surface area contributed by atoms with E-state index in [1.807, 2.05) is 47.4 Å². The van der Waals surface area contributed by atoms with E-state index < -0.39 is 6.03 Å². The number of hydrogen-bond acceptors (Lipinski definition) is 3. The van der Waals surface area contributed by atoms with Crippen molar-refractivity contribution in [3.05, 3.63) is 71.3 Å². The Bertz CT molecular complexity index is 731. The summed E-state index contributed by atoms with van der Waals surface area (Å²) in [6, 6.07) is 16.5. The van der Waals surface area contributed by atoms with Gasteiger partial charge in [-0.1, -0.05) is 42.5 Å². The lowest BCUT2D eigenvalue weighted by molar-refractivity contribution is -0.0228. The molecule has 0 aromatic heterocycles. The van der Waals surface area contributed by atoms with Crippen LogP contribution in [0.4, 0.5) is 4.79 Å². The molecule has 1 saturated heterocycles. The van der Waals surface area contributed by atoms with Gasteiger partial charge in [0.15, 0.2) is 0 Å². The van der Waals surface area contributed by atoms with Crippen molar-refractivity contribution < 1.29 is 14.3 Å². The first-order chi connectivity index (χ1) is 12.1. The topological polar surface area (TPSA) is 84.7 Å². The van der Waals surface area contributed by atoms with Crippen LogP contribution in [0.3, 0.4) is 0 Å². The van der Waals surface area contributed by atoms with Gasteiger partial charge in [0, 0.05) is 18.7 Å². The molecular weight excluding hydrogens is 318 g/mol. The monoisotopic (exact) mass is 339 g/mol. The summed E-state index contributed by atoms with van der Waals surface area (Å²) in [5.41, 5.74) is 7.64. The van der Waals surface area contributed by atoms with Gasteiger partial charge in [0.2, 0.25) is 0 Å². The molecule has 1 fully saturated rings. The van der Waals surface area contributed by atoms with Gasteiger partial charge in [-0.15, -0.1) is 0 Å². The molecule has 2 aromatic carbocycles. The summed E-state index contributed by atoms with van der Waals surface area (Å²) in [6.45, 7) is 1.98. The van der Waals surface area contributed by atoms with Gasteiger partial charge in [-0.2, -0.15) is 0 Å². The van der Waals surface area contributed by atoms with Crippen LogP contribution < -0.4 is 11.1 Å². The lowest BCUT2D eigenvalue weighted by Crippen LogP contribution is -2.42. The summed E-state index contributed by atoms with van der Waals surface area (Å²) in [5.74, 6) is -0.0151. The Morgan fingerprint density at radius 2 is 1.84 bits per heavy atom. The highest BCUT2D eigenvalue weighted by Crippen LogP contribution is 2.23. The Kier molecular flexibility index (Phi) is 5.30. The zero-order valence-electron chi connectivity index (χ0n) is 13.9. The molecule has 1 aliphatic heterocycles. The minimum atomic E-state index is -0.569. The highest BCUT2D eigenvalue weighted by Gasteiger charge is 2.25. The number of nitrogens with zero attached hydrogens (tertiary/aromatic N) is 1. The van der Waals surface area contributed by atoms with Crippen molar-refractivity contribution in [1.29, 1.82) is 0 Å². The van der Waals surface area contributed by atoms with E-state index in [9.17, 15) is 9.59 Å². The third kappa shape index (κ3) is 4.36. The number of nitrogens with two attached hydrogens (primary N) is 1. The SMILES string of the molecule is NC(=O)NCc1ccc(C(=O)N2CCOC(c3ccccc3)C2)cc1. The van der Waals surface area contributed by atoms with E-state index in [0.29, 0.717) is 31.8 Å². The van der Waals surface area contributed by atoms with Crippen LogP contribution in [-0.2, 0) is 11.3 Å². The average molecular weight is 339 g/mol. The maximum atomic E-state index is 12.7. The highest BCUT2D eigenvalue weighted by molar-refractivity contribution is 5.94. The summed E-state index contributed by atoms with van der Waals surface area (Å²) < 4.78 is 5.81. The molecule has 1 unspecified atom stereocenters. The van der Waals surface area contributed by atoms with Gasteiger partial charge in [0.25, 0.3) is 5.91 Å². The van der Waals surface area contributed by atoms with E-state index >= 15 is 0 Å². The highest BCUT2D eigenvalue weighted by atomic mass is 16.5. The van der Waals surface area contributed by atoms with Gasteiger partial charge in [-0.3, -0.25) is 4.79 Å². The predicted octanol–water partition coefficient (Wildman–Crippen LogP) is 2.07. The van der Waals surface area contributed by atoms with E-state index in [-0.39, 0.29) is 12.0 Å². The summed E-state index contributed by atoms with van der Waals surface area (Å²) in [4.78, 5) is 25.3. The van der Waals surface area contributed by atoms with Crippen LogP contribution in [-0.4, -0.2) is 36.5 Å². The number of primary amides is 1. The predicted molar refractivity (Wildman–Crippen MR) is 93.9 cm³/mol. The number of urea groups is 1. The standard InChI is InChI=1S/C19H21N3O3/c20-19(24)21-12-14-6-8-16(9-7-14)18(23)22-10-11-25-17(13-22)15-4-2-1-3-5-15/h1-9,17H,10-13H2,(H3,20,21,24). The zero-order chi connectivity index (χ0) is 17.6. The van der Waals surface area contributed by atoms with Crippen LogP contribution in [0.25, 0.3) is 0 Å². The molecule has 3 rings (SSSR count). The van der Waals surface area contributed by atoms with E-state index in [2.05, 4.69) is 5.32 Å². The van der Waals surface area contributed by atoms with Crippen LogP contribution in [0.5, 0.6) is 0 Å². The Morgan fingerprint density at radius 1 is 1.12 bits per heavy atom. The van der Waals surface area contributed by atoms with Gasteiger partial charge in [-0.25, -0.2) is 4.79 Å². The van der Waals surface area contributed by atoms with E-state index in [0.717, 1.165) is 11.1 Å². The fourth-order valence-electron chi connectivity index (χ4n) is 2.84. The average Bonchev–Trinajstić information content (AvgIpc) is 2.67. The Labute approximate surface area is 146 Å². The number of carbonyl (C=O) groups is 2. The molecule has 6 nitrogen and oxygen atoms in total. The molecular formula is C19H21N3O3. The van der Waals surface area contributed by atoms with Crippen molar-refractivity contribution in [2.75, 3.05) is 19.7 Å². The van der Waals surface area contributed by atoms with Crippen molar-refractivity contribution in [2.45, 2.75) is 12.6 Å². The minimum Gasteiger partial charge on any atom is -0.370 e. The first kappa shape index (κ1) is 17.0. The molecule has 130 valence electrons. The third-order valence-corrected chi connectivity index (χ3v) is 4.19. The van der Waals surface area contributed by atoms with Crippen LogP contribution in [0.2, 0.25) is 0 Å². The van der Waals surface area contributed by atoms with Crippen molar-refractivity contribution in [1.82, 2.24) is 10.2 Å². The second-order valence-electron chi connectivity index (χ2n) is 5.94. The number of morpholine rings is 1. The Balaban J connectivity index is 1.65. The molecule has 6 heteroatoms. The fraction of sp³-hybridized carbons (Fsp3) is 0.263. The largest absolute Gasteiger partial charge is 0.370 e. The van der Waals surface area contributed by atoms with Gasteiger partial charge in [-0.05, 0) is 23.3 Å². The zero-order valence-corrected chi connectivity index (χ0v) is 13.9. The van der Waals surface area contributed by atoms with Crippen LogP contribution in [0, 0.1) is 0 Å². The maximum absolute atomic E-state index is 12.7. The van der Waals surface area contributed by atoms with Crippen LogP contribution >= 0.6 is 0 Å². The summed E-state index contributed by atoms with van der Waals surface area (Å²) in [7, 11) is 0. The van der Waals surface area contributed by atoms with Crippen molar-refractivity contribution in [2.24, 2.45) is 5.73 Å². The Morgan fingerprint density at radius 3 is 2.52 bits per heavy atom. The van der Waals surface area contributed by atoms with Crippen molar-refractivity contribution in [3.8, 4) is 0 Å². The molecule has 0 saturated carbocycles. The molecule has 0 radical (unpaired) electrons. The Hall–Kier alpha value is -2.86. The van der Waals surface area contributed by atoms with E-state index in [1.54, 1.807) is 12.1 Å². The lowest BCUT2D eigenvalue weighted by Gasteiger charge is -2.33. The molecule has 2 aromatic rings. The summed E-state index contributed by atoms with van der Waals surface area (Å²) in [5, 5.41) is 2.52. The van der Waals surface area contributed by atoms with E-state index in [4.69, 9.17) is 10.5 Å². The van der Waals surface area contributed by atoms with E-state index in [1.165, 1.54) is 0 Å². The summed E-state index contributed by atoms with van der Waals surface area (Å²) in [6.07, 6.45) is -0.0991. The number of benzene rings is 2. The molecule has 1 atom stereocenters. The first-order valence-corrected chi connectivity index (χ1v) is 8.21. The lowest BCUT2D eigenvalue weighted by atomic mass is 10.1. The van der Waals surface area contributed by atoms with Crippen LogP contribution in [0.15, 0.2) is 54.6 Å². The number of carbonyl (C=O) groups excluding carboxylic acids is 2. The van der Waals surface area contributed by atoms with Gasteiger partial charge in [0.05, 0.1) is 13.2 Å². The van der Waals surface area contributed by atoms with Gasteiger partial charge >= 0.3 is 6.03 Å². The molecule has 0 aliphatic carbocycles. The molecule has 0 spiro atoms.